The molecule has 2 heteroatoms. The predicted molar refractivity (Wildman–Crippen MR) is 55.7 cm³/mol. The van der Waals surface area contributed by atoms with Crippen LogP contribution in [0.4, 0.5) is 0 Å². The predicted octanol–water partition coefficient (Wildman–Crippen LogP) is 2.32. The second-order valence-electron chi connectivity index (χ2n) is 4.05. The van der Waals surface area contributed by atoms with Crippen LogP contribution in [-0.4, -0.2) is 19.3 Å². The van der Waals surface area contributed by atoms with Gasteiger partial charge in [0.2, 0.25) is 0 Å². The van der Waals surface area contributed by atoms with Gasteiger partial charge in [0.1, 0.15) is 0 Å². The fourth-order valence-electron chi connectivity index (χ4n) is 2.26. The minimum Gasteiger partial charge on any atom is -0.377 e. The number of nitrogens with two attached hydrogens (primary N) is 1. The highest BCUT2D eigenvalue weighted by Crippen LogP contribution is 2.27. The maximum absolute atomic E-state index is 5.65. The highest BCUT2D eigenvalue weighted by atomic mass is 16.5. The molecule has 0 radical (unpaired) electrons. The number of hydrogen-bond acceptors (Lipinski definition) is 2. The molecule has 78 valence electrons. The van der Waals surface area contributed by atoms with E-state index in [0.29, 0.717) is 12.6 Å². The lowest BCUT2D eigenvalue weighted by molar-refractivity contribution is 0.0461. The summed E-state index contributed by atoms with van der Waals surface area (Å²) in [5.74, 6) is 0.883. The summed E-state index contributed by atoms with van der Waals surface area (Å²) < 4.78 is 5.57. The Bertz CT molecular complexity index is 119. The van der Waals surface area contributed by atoms with Crippen LogP contribution in [0, 0.1) is 5.92 Å². The van der Waals surface area contributed by atoms with E-state index in [-0.39, 0.29) is 0 Å². The molecule has 0 amide bonds. The topological polar surface area (TPSA) is 35.2 Å². The van der Waals surface area contributed by atoms with Gasteiger partial charge in [-0.05, 0) is 19.3 Å². The summed E-state index contributed by atoms with van der Waals surface area (Å²) in [5, 5.41) is 0. The van der Waals surface area contributed by atoms with E-state index < -0.39 is 0 Å². The first-order chi connectivity index (χ1) is 6.36. The molecule has 0 spiro atoms. The zero-order valence-electron chi connectivity index (χ0n) is 8.80. The van der Waals surface area contributed by atoms with Gasteiger partial charge in [-0.25, -0.2) is 0 Å². The van der Waals surface area contributed by atoms with Gasteiger partial charge in [-0.15, -0.1) is 0 Å². The molecule has 1 fully saturated rings. The van der Waals surface area contributed by atoms with Gasteiger partial charge in [-0.2, -0.15) is 0 Å². The van der Waals surface area contributed by atoms with Crippen LogP contribution in [-0.2, 0) is 4.74 Å². The molecule has 2 nitrogen and oxygen atoms in total. The third-order valence-electron chi connectivity index (χ3n) is 2.99. The molecule has 0 heterocycles. The van der Waals surface area contributed by atoms with Crippen molar-refractivity contribution in [3.05, 3.63) is 0 Å². The molecule has 1 rings (SSSR count). The van der Waals surface area contributed by atoms with Crippen LogP contribution in [0.1, 0.15) is 45.4 Å². The summed E-state index contributed by atoms with van der Waals surface area (Å²) in [6.07, 6.45) is 8.53. The maximum Gasteiger partial charge on any atom is 0.0699 e. The van der Waals surface area contributed by atoms with Crippen molar-refractivity contribution in [1.82, 2.24) is 0 Å². The minimum absolute atomic E-state index is 0.313. The number of rotatable bonds is 5. The normalized spacial score (nSPS) is 21.7. The van der Waals surface area contributed by atoms with E-state index in [2.05, 4.69) is 0 Å². The lowest BCUT2D eigenvalue weighted by Gasteiger charge is -2.25. The summed E-state index contributed by atoms with van der Waals surface area (Å²) in [5.41, 5.74) is 5.65. The van der Waals surface area contributed by atoms with E-state index in [0.717, 1.165) is 12.5 Å². The quantitative estimate of drug-likeness (QED) is 0.713. The molecule has 1 atom stereocenters. The van der Waals surface area contributed by atoms with Gasteiger partial charge in [0.05, 0.1) is 6.10 Å². The van der Waals surface area contributed by atoms with E-state index in [1.807, 2.05) is 6.92 Å². The molecule has 0 saturated heterocycles. The summed E-state index contributed by atoms with van der Waals surface area (Å²) >= 11 is 0. The average Bonchev–Trinajstić information content (AvgIpc) is 2.19. The van der Waals surface area contributed by atoms with Gasteiger partial charge in [0, 0.05) is 13.2 Å². The smallest absolute Gasteiger partial charge is 0.0699 e. The van der Waals surface area contributed by atoms with Crippen molar-refractivity contribution in [1.29, 1.82) is 0 Å². The Morgan fingerprint density at radius 2 is 2.00 bits per heavy atom. The molecule has 1 aliphatic rings. The zero-order chi connectivity index (χ0) is 9.52. The van der Waals surface area contributed by atoms with Crippen LogP contribution in [0.15, 0.2) is 0 Å². The van der Waals surface area contributed by atoms with Crippen LogP contribution < -0.4 is 5.73 Å². The van der Waals surface area contributed by atoms with Crippen molar-refractivity contribution >= 4 is 0 Å². The summed E-state index contributed by atoms with van der Waals surface area (Å²) in [7, 11) is 0. The standard InChI is InChI=1S/C11H23NO/c1-2-13-11(9-12)8-10-6-4-3-5-7-10/h10-11H,2-9,12H2,1H3. The largest absolute Gasteiger partial charge is 0.377 e. The Labute approximate surface area is 81.8 Å². The monoisotopic (exact) mass is 185 g/mol. The Morgan fingerprint density at radius 3 is 2.54 bits per heavy atom. The van der Waals surface area contributed by atoms with Crippen molar-refractivity contribution < 1.29 is 4.74 Å². The molecule has 1 aliphatic carbocycles. The van der Waals surface area contributed by atoms with E-state index in [4.69, 9.17) is 10.5 Å². The third kappa shape index (κ3) is 4.10. The van der Waals surface area contributed by atoms with E-state index in [1.165, 1.54) is 38.5 Å². The van der Waals surface area contributed by atoms with Crippen LogP contribution in [0.5, 0.6) is 0 Å². The SMILES string of the molecule is CCOC(CN)CC1CCCCC1. The maximum atomic E-state index is 5.65. The summed E-state index contributed by atoms with van der Waals surface area (Å²) in [6, 6.07) is 0. The lowest BCUT2D eigenvalue weighted by Crippen LogP contribution is -2.27. The van der Waals surface area contributed by atoms with Gasteiger partial charge < -0.3 is 10.5 Å². The second-order valence-corrected chi connectivity index (χ2v) is 4.05. The van der Waals surface area contributed by atoms with E-state index in [1.54, 1.807) is 0 Å². The van der Waals surface area contributed by atoms with Crippen molar-refractivity contribution in [3.63, 3.8) is 0 Å². The van der Waals surface area contributed by atoms with Crippen molar-refractivity contribution in [3.8, 4) is 0 Å². The average molecular weight is 185 g/mol. The first-order valence-electron chi connectivity index (χ1n) is 5.68. The molecule has 1 unspecified atom stereocenters. The summed E-state index contributed by atoms with van der Waals surface area (Å²) in [4.78, 5) is 0. The molecule has 2 N–H and O–H groups in total. The lowest BCUT2D eigenvalue weighted by atomic mass is 9.85. The Hall–Kier alpha value is -0.0800. The first-order valence-corrected chi connectivity index (χ1v) is 5.68. The Kier molecular flexibility index (Phi) is 5.40. The third-order valence-corrected chi connectivity index (χ3v) is 2.99. The first kappa shape index (κ1) is 11.0. The molecule has 0 aliphatic heterocycles. The van der Waals surface area contributed by atoms with Gasteiger partial charge in [0.15, 0.2) is 0 Å². The molecule has 0 aromatic heterocycles. The fraction of sp³-hybridized carbons (Fsp3) is 1.00. The molecule has 1 saturated carbocycles. The van der Waals surface area contributed by atoms with Crippen molar-refractivity contribution in [2.45, 2.75) is 51.6 Å². The number of ether oxygens (including phenoxy) is 1. The van der Waals surface area contributed by atoms with Gasteiger partial charge >= 0.3 is 0 Å². The Balaban J connectivity index is 2.18. The highest BCUT2D eigenvalue weighted by Gasteiger charge is 2.17. The van der Waals surface area contributed by atoms with Crippen LogP contribution >= 0.6 is 0 Å². The van der Waals surface area contributed by atoms with Gasteiger partial charge in [0.25, 0.3) is 0 Å². The number of hydrogen-bond donors (Lipinski definition) is 1. The zero-order valence-corrected chi connectivity index (χ0v) is 8.80. The van der Waals surface area contributed by atoms with Gasteiger partial charge in [-0.3, -0.25) is 0 Å². The molecule has 0 aromatic carbocycles. The van der Waals surface area contributed by atoms with E-state index in [9.17, 15) is 0 Å². The minimum atomic E-state index is 0.313. The molecule has 13 heavy (non-hydrogen) atoms. The fourth-order valence-corrected chi connectivity index (χ4v) is 2.26. The molecule has 0 bridgehead atoms. The van der Waals surface area contributed by atoms with Gasteiger partial charge in [-0.1, -0.05) is 32.1 Å². The Morgan fingerprint density at radius 1 is 1.31 bits per heavy atom. The molecular weight excluding hydrogens is 162 g/mol. The van der Waals surface area contributed by atoms with Crippen LogP contribution in [0.2, 0.25) is 0 Å². The molecule has 0 aromatic rings. The van der Waals surface area contributed by atoms with Crippen LogP contribution in [0.3, 0.4) is 0 Å². The molecular formula is C11H23NO. The highest BCUT2D eigenvalue weighted by molar-refractivity contribution is 4.71. The second kappa shape index (κ2) is 6.39. The van der Waals surface area contributed by atoms with E-state index >= 15 is 0 Å². The van der Waals surface area contributed by atoms with Crippen molar-refractivity contribution in [2.75, 3.05) is 13.2 Å². The van der Waals surface area contributed by atoms with Crippen LogP contribution in [0.25, 0.3) is 0 Å². The van der Waals surface area contributed by atoms with Crippen molar-refractivity contribution in [2.24, 2.45) is 11.7 Å². The summed E-state index contributed by atoms with van der Waals surface area (Å²) in [6.45, 7) is 3.53.